The molecule has 1 aliphatic rings. The lowest BCUT2D eigenvalue weighted by Gasteiger charge is -2.35. The summed E-state index contributed by atoms with van der Waals surface area (Å²) in [4.78, 5) is 5.60. The van der Waals surface area contributed by atoms with Crippen LogP contribution in [0.3, 0.4) is 0 Å². The lowest BCUT2D eigenvalue weighted by Crippen LogP contribution is -2.47. The summed E-state index contributed by atoms with van der Waals surface area (Å²) in [5.41, 5.74) is -0.864. The number of halogens is 5. The SMILES string of the molecule is FC(F)(F)c1cnc(N2CCOCC2CCl)c(Cl)c1. The lowest BCUT2D eigenvalue weighted by atomic mass is 10.2. The van der Waals surface area contributed by atoms with E-state index in [0.717, 1.165) is 12.3 Å². The molecular formula is C11H11Cl2F3N2O. The Labute approximate surface area is 118 Å². The quantitative estimate of drug-likeness (QED) is 0.784. The fraction of sp³-hybridized carbons (Fsp3) is 0.545. The number of morpholine rings is 1. The highest BCUT2D eigenvalue weighted by Gasteiger charge is 2.33. The molecule has 1 aromatic rings. The molecule has 0 N–H and O–H groups in total. The number of rotatable bonds is 2. The second-order valence-corrected chi connectivity index (χ2v) is 4.82. The lowest BCUT2D eigenvalue weighted by molar-refractivity contribution is -0.137. The largest absolute Gasteiger partial charge is 0.417 e. The minimum Gasteiger partial charge on any atom is -0.377 e. The van der Waals surface area contributed by atoms with Crippen LogP contribution < -0.4 is 4.90 Å². The van der Waals surface area contributed by atoms with Crippen LogP contribution in [0.15, 0.2) is 12.3 Å². The molecule has 0 aromatic carbocycles. The molecule has 0 bridgehead atoms. The number of nitrogens with zero attached hydrogens (tertiary/aromatic N) is 2. The normalized spacial score (nSPS) is 20.7. The first-order valence-corrected chi connectivity index (χ1v) is 6.48. The standard InChI is InChI=1S/C11H11Cl2F3N2O/c12-4-8-6-19-2-1-18(8)10-9(13)3-7(5-17-10)11(14,15)16/h3,5,8H,1-2,4,6H2. The molecule has 106 valence electrons. The maximum absolute atomic E-state index is 12.5. The van der Waals surface area contributed by atoms with Crippen molar-refractivity contribution in [1.29, 1.82) is 0 Å². The van der Waals surface area contributed by atoms with Crippen molar-refractivity contribution < 1.29 is 17.9 Å². The van der Waals surface area contributed by atoms with E-state index in [1.807, 2.05) is 0 Å². The molecule has 1 saturated heterocycles. The number of alkyl halides is 4. The summed E-state index contributed by atoms with van der Waals surface area (Å²) < 4.78 is 42.9. The molecule has 1 unspecified atom stereocenters. The molecule has 3 nitrogen and oxygen atoms in total. The Hall–Kier alpha value is -0.720. The van der Waals surface area contributed by atoms with Gasteiger partial charge in [-0.05, 0) is 6.07 Å². The Bertz CT molecular complexity index is 456. The molecule has 2 rings (SSSR count). The molecule has 1 aliphatic heterocycles. The molecule has 1 atom stereocenters. The first-order chi connectivity index (χ1) is 8.93. The minimum atomic E-state index is -4.45. The number of aromatic nitrogens is 1. The topological polar surface area (TPSA) is 25.4 Å². The van der Waals surface area contributed by atoms with Gasteiger partial charge in [0.2, 0.25) is 0 Å². The van der Waals surface area contributed by atoms with Crippen LogP contribution in [0.25, 0.3) is 0 Å². The molecule has 0 radical (unpaired) electrons. The van der Waals surface area contributed by atoms with Crippen LogP contribution in [0.1, 0.15) is 5.56 Å². The summed E-state index contributed by atoms with van der Waals surface area (Å²) in [5.74, 6) is 0.600. The van der Waals surface area contributed by atoms with E-state index in [2.05, 4.69) is 4.98 Å². The van der Waals surface area contributed by atoms with E-state index < -0.39 is 11.7 Å². The van der Waals surface area contributed by atoms with Gasteiger partial charge in [-0.3, -0.25) is 0 Å². The second kappa shape index (κ2) is 5.73. The van der Waals surface area contributed by atoms with Gasteiger partial charge in [0.1, 0.15) is 5.82 Å². The van der Waals surface area contributed by atoms with Crippen molar-refractivity contribution in [3.8, 4) is 0 Å². The zero-order valence-electron chi connectivity index (χ0n) is 9.75. The van der Waals surface area contributed by atoms with Crippen molar-refractivity contribution in [3.63, 3.8) is 0 Å². The molecule has 1 aromatic heterocycles. The molecule has 0 amide bonds. The fourth-order valence-electron chi connectivity index (χ4n) is 1.86. The summed E-state index contributed by atoms with van der Waals surface area (Å²) in [6.45, 7) is 1.37. The Morgan fingerprint density at radius 1 is 1.47 bits per heavy atom. The van der Waals surface area contributed by atoms with Gasteiger partial charge in [0.25, 0.3) is 0 Å². The van der Waals surface area contributed by atoms with Crippen LogP contribution in [0.4, 0.5) is 19.0 Å². The van der Waals surface area contributed by atoms with Crippen molar-refractivity contribution in [2.24, 2.45) is 0 Å². The van der Waals surface area contributed by atoms with Gasteiger partial charge in [-0.2, -0.15) is 13.2 Å². The van der Waals surface area contributed by atoms with Crippen molar-refractivity contribution in [2.75, 3.05) is 30.5 Å². The minimum absolute atomic E-state index is 0.0353. The highest BCUT2D eigenvalue weighted by Crippen LogP contribution is 2.34. The molecule has 0 saturated carbocycles. The molecule has 19 heavy (non-hydrogen) atoms. The first-order valence-electron chi connectivity index (χ1n) is 5.56. The third-order valence-corrected chi connectivity index (χ3v) is 3.46. The van der Waals surface area contributed by atoms with Crippen molar-refractivity contribution in [2.45, 2.75) is 12.2 Å². The number of pyridine rings is 1. The van der Waals surface area contributed by atoms with Crippen molar-refractivity contribution >= 4 is 29.0 Å². The molecular weight excluding hydrogens is 304 g/mol. The van der Waals surface area contributed by atoms with Crippen LogP contribution in [0.2, 0.25) is 5.02 Å². The van der Waals surface area contributed by atoms with Gasteiger partial charge in [-0.15, -0.1) is 11.6 Å². The molecule has 1 fully saturated rings. The van der Waals surface area contributed by atoms with Gasteiger partial charge in [0.05, 0.1) is 29.8 Å². The van der Waals surface area contributed by atoms with E-state index in [0.29, 0.717) is 31.5 Å². The molecule has 8 heteroatoms. The van der Waals surface area contributed by atoms with Gasteiger partial charge in [-0.25, -0.2) is 4.98 Å². The van der Waals surface area contributed by atoms with E-state index in [-0.39, 0.29) is 11.1 Å². The van der Waals surface area contributed by atoms with Crippen molar-refractivity contribution in [3.05, 3.63) is 22.8 Å². The maximum atomic E-state index is 12.5. The summed E-state index contributed by atoms with van der Waals surface area (Å²) >= 11 is 11.7. The van der Waals surface area contributed by atoms with Gasteiger partial charge in [0, 0.05) is 18.6 Å². The first kappa shape index (κ1) is 14.7. The Morgan fingerprint density at radius 2 is 2.21 bits per heavy atom. The highest BCUT2D eigenvalue weighted by molar-refractivity contribution is 6.33. The predicted molar refractivity (Wildman–Crippen MR) is 66.9 cm³/mol. The molecule has 0 aliphatic carbocycles. The summed E-state index contributed by atoms with van der Waals surface area (Å²) in [6.07, 6.45) is -3.67. The van der Waals surface area contributed by atoms with E-state index in [4.69, 9.17) is 27.9 Å². The van der Waals surface area contributed by atoms with Gasteiger partial charge < -0.3 is 9.64 Å². The van der Waals surface area contributed by atoms with Crippen molar-refractivity contribution in [1.82, 2.24) is 4.98 Å². The van der Waals surface area contributed by atoms with Crippen LogP contribution in [0, 0.1) is 0 Å². The van der Waals surface area contributed by atoms with E-state index >= 15 is 0 Å². The summed E-state index contributed by atoms with van der Waals surface area (Å²) in [6, 6.07) is 0.738. The number of anilines is 1. The van der Waals surface area contributed by atoms with Gasteiger partial charge in [-0.1, -0.05) is 11.6 Å². The molecule has 2 heterocycles. The third-order valence-electron chi connectivity index (χ3n) is 2.83. The average Bonchev–Trinajstić information content (AvgIpc) is 2.37. The third kappa shape index (κ3) is 3.24. The second-order valence-electron chi connectivity index (χ2n) is 4.10. The van der Waals surface area contributed by atoms with E-state index in [1.54, 1.807) is 4.90 Å². The van der Waals surface area contributed by atoms with Crippen LogP contribution in [0.5, 0.6) is 0 Å². The van der Waals surface area contributed by atoms with Gasteiger partial charge in [0.15, 0.2) is 0 Å². The Balaban J connectivity index is 2.30. The summed E-state index contributed by atoms with van der Waals surface area (Å²) in [5, 5.41) is -0.0353. The monoisotopic (exact) mass is 314 g/mol. The van der Waals surface area contributed by atoms with Crippen LogP contribution in [-0.4, -0.2) is 36.7 Å². The zero-order valence-corrected chi connectivity index (χ0v) is 11.3. The Kier molecular flexibility index (Phi) is 4.43. The highest BCUT2D eigenvalue weighted by atomic mass is 35.5. The maximum Gasteiger partial charge on any atom is 0.417 e. The van der Waals surface area contributed by atoms with Crippen LogP contribution >= 0.6 is 23.2 Å². The summed E-state index contributed by atoms with van der Waals surface area (Å²) in [7, 11) is 0. The van der Waals surface area contributed by atoms with Gasteiger partial charge >= 0.3 is 6.18 Å². The predicted octanol–water partition coefficient (Wildman–Crippen LogP) is 3.20. The number of hydrogen-bond acceptors (Lipinski definition) is 3. The molecule has 0 spiro atoms. The zero-order chi connectivity index (χ0) is 14.0. The average molecular weight is 315 g/mol. The Morgan fingerprint density at radius 3 is 2.79 bits per heavy atom. The van der Waals surface area contributed by atoms with E-state index in [1.165, 1.54) is 0 Å². The number of hydrogen-bond donors (Lipinski definition) is 0. The van der Waals surface area contributed by atoms with E-state index in [9.17, 15) is 13.2 Å². The van der Waals surface area contributed by atoms with Crippen LogP contribution in [-0.2, 0) is 10.9 Å². The number of ether oxygens (including phenoxy) is 1. The smallest absolute Gasteiger partial charge is 0.377 e. The fourth-order valence-corrected chi connectivity index (χ4v) is 2.39.